The quantitative estimate of drug-likeness (QED) is 0.619. The third kappa shape index (κ3) is 5.04. The molecule has 3 heterocycles. The van der Waals surface area contributed by atoms with Crippen molar-refractivity contribution in [3.63, 3.8) is 0 Å². The molecule has 1 atom stereocenters. The number of hydrogen-bond acceptors (Lipinski definition) is 7. The van der Waals surface area contributed by atoms with E-state index < -0.39 is 50.1 Å². The van der Waals surface area contributed by atoms with Gasteiger partial charge < -0.3 is 19.9 Å². The summed E-state index contributed by atoms with van der Waals surface area (Å²) in [5, 5.41) is 3.28. The predicted molar refractivity (Wildman–Crippen MR) is 134 cm³/mol. The number of benzene rings is 1. The summed E-state index contributed by atoms with van der Waals surface area (Å²) in [7, 11) is -3.17. The number of nitrogens with zero attached hydrogens (tertiary/aromatic N) is 2. The van der Waals surface area contributed by atoms with Crippen LogP contribution in [0.1, 0.15) is 50.9 Å². The van der Waals surface area contributed by atoms with Crippen LogP contribution in [-0.4, -0.2) is 71.1 Å². The molecule has 2 aromatic rings. The Balaban J connectivity index is 1.61. The second kappa shape index (κ2) is 9.06. The standard InChI is InChI=1S/C24H32N4O7S/c1-5-28-20(30)16-7-6-15(12-17(16)25-21(28)31)19(29)26-18-13-27(22(32)35-23(2,3)4)14-24(18)8-10-36(33,34)11-9-24/h6-7,12,18H,5,8-11,13-14H2,1-4H3,(H,25,31)(H,26,29). The Morgan fingerprint density at radius 3 is 2.47 bits per heavy atom. The molecule has 0 saturated carbocycles. The fourth-order valence-corrected chi connectivity index (χ4v) is 6.65. The predicted octanol–water partition coefficient (Wildman–Crippen LogP) is 1.25. The molecule has 4 rings (SSSR count). The number of carbonyl (C=O) groups is 2. The zero-order valence-electron chi connectivity index (χ0n) is 20.9. The van der Waals surface area contributed by atoms with E-state index in [4.69, 9.17) is 4.74 Å². The summed E-state index contributed by atoms with van der Waals surface area (Å²) in [4.78, 5) is 55.0. The number of rotatable bonds is 3. The Labute approximate surface area is 208 Å². The molecule has 0 aliphatic carbocycles. The molecule has 1 aromatic carbocycles. The molecule has 2 saturated heterocycles. The summed E-state index contributed by atoms with van der Waals surface area (Å²) < 4.78 is 30.8. The van der Waals surface area contributed by atoms with Crippen LogP contribution < -0.4 is 16.6 Å². The minimum absolute atomic E-state index is 0.0115. The first-order valence-electron chi connectivity index (χ1n) is 12.0. The van der Waals surface area contributed by atoms with Crippen molar-refractivity contribution >= 4 is 32.7 Å². The Bertz CT molecular complexity index is 1420. The Morgan fingerprint density at radius 1 is 1.19 bits per heavy atom. The van der Waals surface area contributed by atoms with Gasteiger partial charge in [-0.15, -0.1) is 0 Å². The topological polar surface area (TPSA) is 148 Å². The fraction of sp³-hybridized carbons (Fsp3) is 0.583. The maximum atomic E-state index is 13.3. The van der Waals surface area contributed by atoms with E-state index >= 15 is 0 Å². The van der Waals surface area contributed by atoms with Crippen molar-refractivity contribution in [2.75, 3.05) is 24.6 Å². The molecule has 0 radical (unpaired) electrons. The summed E-state index contributed by atoms with van der Waals surface area (Å²) in [6.45, 7) is 7.68. The minimum atomic E-state index is -3.17. The van der Waals surface area contributed by atoms with E-state index in [9.17, 15) is 27.6 Å². The lowest BCUT2D eigenvalue weighted by Gasteiger charge is -2.38. The molecule has 0 bridgehead atoms. The number of aromatic amines is 1. The molecule has 2 aliphatic rings. The average Bonchev–Trinajstić information content (AvgIpc) is 3.13. The van der Waals surface area contributed by atoms with Crippen molar-refractivity contribution < 1.29 is 22.7 Å². The molecular formula is C24H32N4O7S. The van der Waals surface area contributed by atoms with Crippen LogP contribution in [0.25, 0.3) is 10.9 Å². The number of carbonyl (C=O) groups excluding carboxylic acids is 2. The van der Waals surface area contributed by atoms with Crippen LogP contribution in [0.15, 0.2) is 27.8 Å². The molecule has 2 amide bonds. The molecule has 2 aliphatic heterocycles. The molecule has 11 nitrogen and oxygen atoms in total. The summed E-state index contributed by atoms with van der Waals surface area (Å²) in [5.74, 6) is -0.466. The van der Waals surface area contributed by atoms with E-state index in [-0.39, 0.29) is 42.2 Å². The highest BCUT2D eigenvalue weighted by Gasteiger charge is 2.51. The lowest BCUT2D eigenvalue weighted by atomic mass is 9.77. The summed E-state index contributed by atoms with van der Waals surface area (Å²) in [5.41, 5.74) is -1.80. The van der Waals surface area contributed by atoms with Crippen molar-refractivity contribution in [2.24, 2.45) is 5.41 Å². The molecular weight excluding hydrogens is 488 g/mol. The van der Waals surface area contributed by atoms with Gasteiger partial charge in [0, 0.05) is 30.6 Å². The van der Waals surface area contributed by atoms with Gasteiger partial charge >= 0.3 is 11.8 Å². The van der Waals surface area contributed by atoms with Gasteiger partial charge in [-0.3, -0.25) is 14.2 Å². The highest BCUT2D eigenvalue weighted by atomic mass is 32.2. The molecule has 12 heteroatoms. The van der Waals surface area contributed by atoms with E-state index in [1.807, 2.05) is 0 Å². The molecule has 1 aromatic heterocycles. The molecule has 2 fully saturated rings. The number of hydrogen-bond donors (Lipinski definition) is 2. The number of likely N-dealkylation sites (tertiary alicyclic amines) is 1. The van der Waals surface area contributed by atoms with Gasteiger partial charge in [-0.1, -0.05) is 0 Å². The third-order valence-electron chi connectivity index (χ3n) is 6.99. The average molecular weight is 521 g/mol. The van der Waals surface area contributed by atoms with Crippen LogP contribution in [0.2, 0.25) is 0 Å². The van der Waals surface area contributed by atoms with Gasteiger partial charge in [-0.2, -0.15) is 0 Å². The van der Waals surface area contributed by atoms with Crippen molar-refractivity contribution in [1.82, 2.24) is 19.8 Å². The Hall–Kier alpha value is -3.15. The zero-order chi connectivity index (χ0) is 26.5. The van der Waals surface area contributed by atoms with Gasteiger partial charge in [0.15, 0.2) is 0 Å². The molecule has 2 N–H and O–H groups in total. The number of nitrogens with one attached hydrogen (secondary N) is 2. The Morgan fingerprint density at radius 2 is 1.86 bits per heavy atom. The number of ether oxygens (including phenoxy) is 1. The maximum Gasteiger partial charge on any atom is 0.410 e. The third-order valence-corrected chi connectivity index (χ3v) is 8.64. The van der Waals surface area contributed by atoms with E-state index in [1.54, 1.807) is 27.7 Å². The van der Waals surface area contributed by atoms with Crippen molar-refractivity contribution in [1.29, 1.82) is 0 Å². The SMILES string of the molecule is CCn1c(=O)[nH]c2cc(C(=O)NC3CN(C(=O)OC(C)(C)C)CC34CCS(=O)(=O)CC4)ccc2c1=O. The van der Waals surface area contributed by atoms with Crippen molar-refractivity contribution in [2.45, 2.75) is 58.7 Å². The number of amides is 2. The highest BCUT2D eigenvalue weighted by Crippen LogP contribution is 2.42. The second-order valence-corrected chi connectivity index (χ2v) is 12.9. The molecule has 196 valence electrons. The number of sulfone groups is 1. The zero-order valence-corrected chi connectivity index (χ0v) is 21.7. The van der Waals surface area contributed by atoms with Gasteiger partial charge in [0.25, 0.3) is 11.5 Å². The highest BCUT2D eigenvalue weighted by molar-refractivity contribution is 7.91. The van der Waals surface area contributed by atoms with Gasteiger partial charge in [0.2, 0.25) is 0 Å². The van der Waals surface area contributed by atoms with Crippen LogP contribution >= 0.6 is 0 Å². The first kappa shape index (κ1) is 25.9. The monoisotopic (exact) mass is 520 g/mol. The van der Waals surface area contributed by atoms with E-state index in [0.29, 0.717) is 18.2 Å². The van der Waals surface area contributed by atoms with Crippen molar-refractivity contribution in [3.05, 3.63) is 44.6 Å². The molecule has 1 spiro atoms. The smallest absolute Gasteiger partial charge is 0.410 e. The first-order chi connectivity index (χ1) is 16.7. The maximum absolute atomic E-state index is 13.3. The van der Waals surface area contributed by atoms with Crippen LogP contribution in [0.3, 0.4) is 0 Å². The minimum Gasteiger partial charge on any atom is -0.444 e. The van der Waals surface area contributed by atoms with Gasteiger partial charge in [0.1, 0.15) is 15.4 Å². The van der Waals surface area contributed by atoms with Crippen LogP contribution in [0.4, 0.5) is 4.79 Å². The number of aromatic nitrogens is 2. The van der Waals surface area contributed by atoms with Gasteiger partial charge in [-0.05, 0) is 58.7 Å². The number of H-pyrrole nitrogens is 1. The van der Waals surface area contributed by atoms with Crippen LogP contribution in [0.5, 0.6) is 0 Å². The number of fused-ring (bicyclic) bond motifs is 1. The molecule has 1 unspecified atom stereocenters. The summed E-state index contributed by atoms with van der Waals surface area (Å²) >= 11 is 0. The summed E-state index contributed by atoms with van der Waals surface area (Å²) in [6.07, 6.45) is 0.130. The van der Waals surface area contributed by atoms with Gasteiger partial charge in [-0.25, -0.2) is 18.0 Å². The van der Waals surface area contributed by atoms with Crippen LogP contribution in [-0.2, 0) is 21.1 Å². The van der Waals surface area contributed by atoms with Crippen LogP contribution in [0, 0.1) is 5.41 Å². The fourth-order valence-electron chi connectivity index (χ4n) is 5.01. The Kier molecular flexibility index (Phi) is 6.52. The largest absolute Gasteiger partial charge is 0.444 e. The lowest BCUT2D eigenvalue weighted by Crippen LogP contribution is -2.50. The van der Waals surface area contributed by atoms with E-state index in [2.05, 4.69) is 10.3 Å². The normalized spacial score (nSPS) is 21.0. The van der Waals surface area contributed by atoms with Gasteiger partial charge in [0.05, 0.1) is 28.5 Å². The molecule has 36 heavy (non-hydrogen) atoms. The van der Waals surface area contributed by atoms with E-state index in [1.165, 1.54) is 23.1 Å². The second-order valence-electron chi connectivity index (χ2n) is 10.6. The first-order valence-corrected chi connectivity index (χ1v) is 13.8. The summed E-state index contributed by atoms with van der Waals surface area (Å²) in [6, 6.07) is 3.97. The van der Waals surface area contributed by atoms with E-state index in [0.717, 1.165) is 4.57 Å². The lowest BCUT2D eigenvalue weighted by molar-refractivity contribution is 0.0270. The van der Waals surface area contributed by atoms with Crippen molar-refractivity contribution in [3.8, 4) is 0 Å².